The topological polar surface area (TPSA) is 59.0 Å². The number of hydrogen-bond acceptors (Lipinski definition) is 3. The van der Waals surface area contributed by atoms with E-state index in [-0.39, 0.29) is 18.3 Å². The summed E-state index contributed by atoms with van der Waals surface area (Å²) in [6, 6.07) is 0.546. The van der Waals surface area contributed by atoms with E-state index in [9.17, 15) is 4.79 Å². The summed E-state index contributed by atoms with van der Waals surface area (Å²) < 4.78 is 1.86. The molecule has 0 spiro atoms. The van der Waals surface area contributed by atoms with Gasteiger partial charge in [-0.25, -0.2) is 0 Å². The lowest BCUT2D eigenvalue weighted by atomic mass is 10.1. The van der Waals surface area contributed by atoms with Crippen LogP contribution in [0.1, 0.15) is 31.2 Å². The van der Waals surface area contributed by atoms with E-state index in [0.717, 1.165) is 25.1 Å². The smallest absolute Gasteiger partial charge is 0.220 e. The van der Waals surface area contributed by atoms with Crippen LogP contribution in [0, 0.1) is 6.92 Å². The van der Waals surface area contributed by atoms with E-state index in [0.29, 0.717) is 19.0 Å². The number of halogens is 1. The molecule has 2 heterocycles. The molecule has 1 atom stereocenters. The molecule has 6 heteroatoms. The molecule has 2 N–H and O–H groups in total. The number of aromatic nitrogens is 2. The molecule has 1 aromatic rings. The molecule has 1 aliphatic heterocycles. The molecule has 19 heavy (non-hydrogen) atoms. The Morgan fingerprint density at radius 1 is 1.63 bits per heavy atom. The Hall–Kier alpha value is -1.07. The van der Waals surface area contributed by atoms with Gasteiger partial charge in [-0.15, -0.1) is 12.4 Å². The first-order valence-corrected chi connectivity index (χ1v) is 6.73. The second kappa shape index (κ2) is 8.17. The van der Waals surface area contributed by atoms with Crippen molar-refractivity contribution in [3.63, 3.8) is 0 Å². The van der Waals surface area contributed by atoms with Crippen LogP contribution in [0.15, 0.2) is 12.4 Å². The lowest BCUT2D eigenvalue weighted by molar-refractivity contribution is -0.121. The lowest BCUT2D eigenvalue weighted by Gasteiger charge is -2.10. The molecule has 0 radical (unpaired) electrons. The summed E-state index contributed by atoms with van der Waals surface area (Å²) >= 11 is 0. The maximum atomic E-state index is 11.6. The Morgan fingerprint density at radius 3 is 3.11 bits per heavy atom. The molecule has 0 bridgehead atoms. The van der Waals surface area contributed by atoms with Gasteiger partial charge in [0.25, 0.3) is 0 Å². The van der Waals surface area contributed by atoms with Crippen molar-refractivity contribution in [2.75, 3.05) is 13.1 Å². The summed E-state index contributed by atoms with van der Waals surface area (Å²) in [4.78, 5) is 11.6. The molecular formula is C13H23ClN4O. The Labute approximate surface area is 120 Å². The van der Waals surface area contributed by atoms with Gasteiger partial charge in [0, 0.05) is 25.2 Å². The van der Waals surface area contributed by atoms with Crippen LogP contribution in [0.3, 0.4) is 0 Å². The van der Waals surface area contributed by atoms with E-state index < -0.39 is 0 Å². The van der Waals surface area contributed by atoms with E-state index in [2.05, 4.69) is 15.7 Å². The van der Waals surface area contributed by atoms with Crippen LogP contribution < -0.4 is 10.6 Å². The van der Waals surface area contributed by atoms with Crippen molar-refractivity contribution in [3.8, 4) is 0 Å². The number of carbonyl (C=O) groups is 1. The highest BCUT2D eigenvalue weighted by Gasteiger charge is 2.14. The maximum Gasteiger partial charge on any atom is 0.220 e. The first kappa shape index (κ1) is 16.0. The molecular weight excluding hydrogens is 264 g/mol. The Balaban J connectivity index is 0.00000180. The van der Waals surface area contributed by atoms with Crippen LogP contribution in [0.2, 0.25) is 0 Å². The third kappa shape index (κ3) is 5.61. The molecule has 5 nitrogen and oxygen atoms in total. The van der Waals surface area contributed by atoms with E-state index >= 15 is 0 Å². The monoisotopic (exact) mass is 286 g/mol. The first-order valence-electron chi connectivity index (χ1n) is 6.73. The fourth-order valence-electron chi connectivity index (χ4n) is 2.30. The predicted molar refractivity (Wildman–Crippen MR) is 77.5 cm³/mol. The van der Waals surface area contributed by atoms with E-state index in [4.69, 9.17) is 0 Å². The molecule has 0 aromatic carbocycles. The summed E-state index contributed by atoms with van der Waals surface area (Å²) in [5, 5.41) is 10.5. The van der Waals surface area contributed by atoms with Crippen molar-refractivity contribution in [2.45, 2.75) is 45.2 Å². The summed E-state index contributed by atoms with van der Waals surface area (Å²) in [6.45, 7) is 4.50. The maximum absolute atomic E-state index is 11.6. The number of amides is 1. The molecule has 1 aliphatic rings. The highest BCUT2D eigenvalue weighted by molar-refractivity contribution is 5.85. The van der Waals surface area contributed by atoms with Gasteiger partial charge in [-0.2, -0.15) is 5.10 Å². The molecule has 1 saturated heterocycles. The Kier molecular flexibility index (Phi) is 6.87. The van der Waals surface area contributed by atoms with Crippen molar-refractivity contribution < 1.29 is 4.79 Å². The van der Waals surface area contributed by atoms with Gasteiger partial charge in [-0.1, -0.05) is 0 Å². The minimum atomic E-state index is 0. The van der Waals surface area contributed by atoms with Gasteiger partial charge in [0.15, 0.2) is 0 Å². The fraction of sp³-hybridized carbons (Fsp3) is 0.692. The van der Waals surface area contributed by atoms with E-state index in [1.165, 1.54) is 12.8 Å². The number of rotatable bonds is 6. The summed E-state index contributed by atoms with van der Waals surface area (Å²) in [6.07, 6.45) is 7.83. The second-order valence-electron chi connectivity index (χ2n) is 4.96. The normalized spacial score (nSPS) is 18.1. The van der Waals surface area contributed by atoms with Crippen molar-refractivity contribution in [2.24, 2.45) is 0 Å². The molecule has 1 unspecified atom stereocenters. The average Bonchev–Trinajstić information content (AvgIpc) is 2.98. The number of nitrogens with zero attached hydrogens (tertiary/aromatic N) is 2. The zero-order valence-corrected chi connectivity index (χ0v) is 12.2. The van der Waals surface area contributed by atoms with Crippen LogP contribution >= 0.6 is 12.4 Å². The van der Waals surface area contributed by atoms with Gasteiger partial charge < -0.3 is 10.6 Å². The molecule has 1 amide bonds. The Morgan fingerprint density at radius 2 is 2.47 bits per heavy atom. The molecule has 1 aromatic heterocycles. The van der Waals surface area contributed by atoms with Crippen molar-refractivity contribution in [1.82, 2.24) is 20.4 Å². The molecule has 2 rings (SSSR count). The van der Waals surface area contributed by atoms with Crippen molar-refractivity contribution in [1.29, 1.82) is 0 Å². The van der Waals surface area contributed by atoms with E-state index in [1.54, 1.807) is 0 Å². The zero-order valence-electron chi connectivity index (χ0n) is 11.4. The van der Waals surface area contributed by atoms with E-state index in [1.807, 2.05) is 24.0 Å². The van der Waals surface area contributed by atoms with Crippen molar-refractivity contribution >= 4 is 18.3 Å². The minimum absolute atomic E-state index is 0. The van der Waals surface area contributed by atoms with Gasteiger partial charge in [0.1, 0.15) is 0 Å². The van der Waals surface area contributed by atoms with Crippen LogP contribution in [0.25, 0.3) is 0 Å². The number of nitrogens with one attached hydrogen (secondary N) is 2. The van der Waals surface area contributed by atoms with Gasteiger partial charge in [-0.05, 0) is 38.3 Å². The third-order valence-electron chi connectivity index (χ3n) is 3.31. The summed E-state index contributed by atoms with van der Waals surface area (Å²) in [5.74, 6) is 0.146. The molecule has 1 fully saturated rings. The quantitative estimate of drug-likeness (QED) is 0.828. The second-order valence-corrected chi connectivity index (χ2v) is 4.96. The Bertz CT molecular complexity index is 388. The predicted octanol–water partition coefficient (Wildman–Crippen LogP) is 1.26. The number of carbonyl (C=O) groups excluding carboxylic acids is 1. The highest BCUT2D eigenvalue weighted by atomic mass is 35.5. The lowest BCUT2D eigenvalue weighted by Crippen LogP contribution is -2.29. The summed E-state index contributed by atoms with van der Waals surface area (Å²) in [5.41, 5.74) is 1.15. The van der Waals surface area contributed by atoms with Crippen LogP contribution in [-0.2, 0) is 11.3 Å². The van der Waals surface area contributed by atoms with Crippen LogP contribution in [0.4, 0.5) is 0 Å². The highest BCUT2D eigenvalue weighted by Crippen LogP contribution is 2.10. The van der Waals surface area contributed by atoms with Crippen LogP contribution in [0.5, 0.6) is 0 Å². The first-order chi connectivity index (χ1) is 8.74. The van der Waals surface area contributed by atoms with Crippen LogP contribution in [-0.4, -0.2) is 34.8 Å². The largest absolute Gasteiger partial charge is 0.354 e. The minimum Gasteiger partial charge on any atom is -0.354 e. The third-order valence-corrected chi connectivity index (χ3v) is 3.31. The number of hydrogen-bond donors (Lipinski definition) is 2. The SMILES string of the molecule is Cc1cnn(CCNC(=O)CCC2CCCN2)c1.Cl. The average molecular weight is 287 g/mol. The van der Waals surface area contributed by atoms with Gasteiger partial charge >= 0.3 is 0 Å². The fourth-order valence-corrected chi connectivity index (χ4v) is 2.30. The van der Waals surface area contributed by atoms with Gasteiger partial charge in [0.05, 0.1) is 12.7 Å². The van der Waals surface area contributed by atoms with Gasteiger partial charge in [0.2, 0.25) is 5.91 Å². The number of aryl methyl sites for hydroxylation is 1. The molecule has 108 valence electrons. The zero-order chi connectivity index (χ0) is 12.8. The standard InChI is InChI=1S/C13H22N4O.ClH/c1-11-9-16-17(10-11)8-7-15-13(18)5-4-12-3-2-6-14-12;/h9-10,12,14H,2-8H2,1H3,(H,15,18);1H. The molecule has 0 saturated carbocycles. The molecule has 0 aliphatic carbocycles. The van der Waals surface area contributed by atoms with Gasteiger partial charge in [-0.3, -0.25) is 9.48 Å². The summed E-state index contributed by atoms with van der Waals surface area (Å²) in [7, 11) is 0. The van der Waals surface area contributed by atoms with Crippen molar-refractivity contribution in [3.05, 3.63) is 18.0 Å².